The van der Waals surface area contributed by atoms with Crippen LogP contribution in [0.15, 0.2) is 18.2 Å². The van der Waals surface area contributed by atoms with E-state index in [0.29, 0.717) is 30.4 Å². The van der Waals surface area contributed by atoms with Gasteiger partial charge in [0, 0.05) is 19.3 Å². The lowest BCUT2D eigenvalue weighted by Gasteiger charge is -2.61. The summed E-state index contributed by atoms with van der Waals surface area (Å²) in [4.78, 5) is 39.0. The highest BCUT2D eigenvalue weighted by Crippen LogP contribution is 2.72. The highest BCUT2D eigenvalue weighted by molar-refractivity contribution is 5.98. The van der Waals surface area contributed by atoms with Gasteiger partial charge in [0.15, 0.2) is 17.3 Å². The first-order valence-electron chi connectivity index (χ1n) is 13.7. The first-order chi connectivity index (χ1) is 17.7. The van der Waals surface area contributed by atoms with Gasteiger partial charge in [0.2, 0.25) is 0 Å². The number of rotatable bonds is 5. The Morgan fingerprint density at radius 3 is 2.33 bits per heavy atom. The Morgan fingerprint density at radius 1 is 1.13 bits per heavy atom. The molecule has 3 aliphatic rings. The van der Waals surface area contributed by atoms with Gasteiger partial charge in [-0.2, -0.15) is 0 Å². The second-order valence-electron chi connectivity index (χ2n) is 13.4. The zero-order chi connectivity index (χ0) is 29.5. The maximum absolute atomic E-state index is 14.2. The first-order valence-corrected chi connectivity index (χ1v) is 13.7. The van der Waals surface area contributed by atoms with Crippen LogP contribution in [-0.2, 0) is 31.0 Å². The van der Waals surface area contributed by atoms with Crippen molar-refractivity contribution in [3.8, 4) is 11.5 Å². The summed E-state index contributed by atoms with van der Waals surface area (Å²) in [6.07, 6.45) is 3.12. The Kier molecular flexibility index (Phi) is 6.68. The fourth-order valence-corrected chi connectivity index (χ4v) is 8.61. The molecule has 0 heterocycles. The van der Waals surface area contributed by atoms with Crippen LogP contribution in [0, 0.1) is 29.6 Å². The molecule has 7 atom stereocenters. The highest BCUT2D eigenvalue weighted by atomic mass is 16.6. The van der Waals surface area contributed by atoms with E-state index in [0.717, 1.165) is 5.56 Å². The molecule has 3 aliphatic carbocycles. The van der Waals surface area contributed by atoms with Crippen LogP contribution in [0.3, 0.4) is 0 Å². The van der Waals surface area contributed by atoms with Crippen molar-refractivity contribution in [3.05, 3.63) is 34.9 Å². The Hall–Kier alpha value is -2.71. The lowest BCUT2D eigenvalue weighted by molar-refractivity contribution is -0.168. The van der Waals surface area contributed by atoms with Gasteiger partial charge in [-0.15, -0.1) is 0 Å². The van der Waals surface area contributed by atoms with Gasteiger partial charge in [-0.3, -0.25) is 14.4 Å². The van der Waals surface area contributed by atoms with E-state index >= 15 is 0 Å². The lowest BCUT2D eigenvalue weighted by atomic mass is 9.41. The van der Waals surface area contributed by atoms with Gasteiger partial charge >= 0.3 is 5.97 Å². The minimum atomic E-state index is -1.99. The van der Waals surface area contributed by atoms with Crippen LogP contribution in [-0.4, -0.2) is 55.3 Å². The van der Waals surface area contributed by atoms with Crippen LogP contribution in [0.1, 0.15) is 84.4 Å². The van der Waals surface area contributed by atoms with E-state index in [-0.39, 0.29) is 29.6 Å². The number of hydrogen-bond acceptors (Lipinski definition) is 8. The number of ether oxygens (including phenoxy) is 1. The SMILES string of the molecule is CC(=O)OC(C)(C)/C=C/C(=O)[C@](C)(O)[C@H]1[C@H](O)C[C@@]2(C)[C@@H]3CCc4c(cc(O)c(O)c4C)[C@]3(C)C(=O)C[C@]12C. The number of ketones is 2. The molecule has 0 aromatic heterocycles. The third kappa shape index (κ3) is 4.05. The summed E-state index contributed by atoms with van der Waals surface area (Å²) in [6, 6.07) is 1.51. The van der Waals surface area contributed by atoms with E-state index in [1.165, 1.54) is 32.1 Å². The van der Waals surface area contributed by atoms with Crippen LogP contribution in [0.4, 0.5) is 0 Å². The molecule has 0 amide bonds. The quantitative estimate of drug-likeness (QED) is 0.250. The Morgan fingerprint density at radius 2 is 1.74 bits per heavy atom. The number of aliphatic hydroxyl groups excluding tert-OH is 1. The zero-order valence-corrected chi connectivity index (χ0v) is 24.2. The van der Waals surface area contributed by atoms with Crippen molar-refractivity contribution < 1.29 is 39.5 Å². The fraction of sp³-hybridized carbons (Fsp3) is 0.645. The van der Waals surface area contributed by atoms with Gasteiger partial charge in [-0.1, -0.05) is 13.8 Å². The second-order valence-corrected chi connectivity index (χ2v) is 13.4. The summed E-state index contributed by atoms with van der Waals surface area (Å²) < 4.78 is 5.22. The van der Waals surface area contributed by atoms with Gasteiger partial charge in [0.25, 0.3) is 0 Å². The standard InChI is InChI=1S/C31H42O8/c1-16-18-9-10-22-28(5)14-21(34)26(31(8,38)23(35)11-12-27(3,4)39-17(2)32)29(28,6)15-24(36)30(22,7)19(18)13-20(33)25(16)37/h11-13,21-22,26,33-34,37-38H,9-10,14-15H2,1-8H3/b12-11+/t21-,22+,26+,28+,29-,30+,31+/m1/s1. The summed E-state index contributed by atoms with van der Waals surface area (Å²) in [5.41, 5.74) is -3.41. The van der Waals surface area contributed by atoms with Crippen molar-refractivity contribution in [1.29, 1.82) is 0 Å². The molecule has 2 saturated carbocycles. The predicted octanol–water partition coefficient (Wildman–Crippen LogP) is 3.81. The fourth-order valence-electron chi connectivity index (χ4n) is 8.61. The molecular formula is C31H42O8. The minimum absolute atomic E-state index is 0.0322. The zero-order valence-electron chi connectivity index (χ0n) is 24.2. The van der Waals surface area contributed by atoms with Crippen molar-refractivity contribution in [2.24, 2.45) is 22.7 Å². The molecule has 0 radical (unpaired) electrons. The normalized spacial score (nSPS) is 35.6. The van der Waals surface area contributed by atoms with Crippen LogP contribution in [0.2, 0.25) is 0 Å². The number of carbonyl (C=O) groups is 3. The summed E-state index contributed by atoms with van der Waals surface area (Å²) in [5, 5.41) is 44.0. The van der Waals surface area contributed by atoms with Crippen molar-refractivity contribution in [1.82, 2.24) is 0 Å². The average Bonchev–Trinajstić information content (AvgIpc) is 3.00. The number of aromatic hydroxyl groups is 2. The van der Waals surface area contributed by atoms with Crippen molar-refractivity contribution in [2.45, 2.75) is 104 Å². The Bertz CT molecular complexity index is 1280. The molecular weight excluding hydrogens is 500 g/mol. The van der Waals surface area contributed by atoms with Crippen molar-refractivity contribution in [3.63, 3.8) is 0 Å². The molecule has 0 spiro atoms. The summed E-state index contributed by atoms with van der Waals surface area (Å²) in [5.74, 6) is -2.80. The third-order valence-electron chi connectivity index (χ3n) is 10.6. The van der Waals surface area contributed by atoms with Crippen LogP contribution in [0.25, 0.3) is 0 Å². The number of phenols is 2. The number of benzene rings is 1. The number of aliphatic hydroxyl groups is 2. The van der Waals surface area contributed by atoms with E-state index in [9.17, 15) is 34.8 Å². The third-order valence-corrected chi connectivity index (χ3v) is 10.6. The minimum Gasteiger partial charge on any atom is -0.504 e. The Balaban J connectivity index is 1.76. The predicted molar refractivity (Wildman–Crippen MR) is 144 cm³/mol. The smallest absolute Gasteiger partial charge is 0.303 e. The maximum Gasteiger partial charge on any atom is 0.303 e. The van der Waals surface area contributed by atoms with Crippen LogP contribution < -0.4 is 0 Å². The van der Waals surface area contributed by atoms with Crippen LogP contribution in [0.5, 0.6) is 11.5 Å². The van der Waals surface area contributed by atoms with E-state index in [1.807, 2.05) is 20.8 Å². The lowest BCUT2D eigenvalue weighted by Crippen LogP contribution is -2.63. The largest absolute Gasteiger partial charge is 0.504 e. The van der Waals surface area contributed by atoms with Gasteiger partial charge in [0.1, 0.15) is 17.0 Å². The average molecular weight is 543 g/mol. The van der Waals surface area contributed by atoms with E-state index in [4.69, 9.17) is 4.74 Å². The second kappa shape index (κ2) is 8.90. The number of carbonyl (C=O) groups excluding carboxylic acids is 3. The Labute approximate surface area is 230 Å². The molecule has 214 valence electrons. The molecule has 39 heavy (non-hydrogen) atoms. The molecule has 0 bridgehead atoms. The molecule has 4 N–H and O–H groups in total. The number of esters is 1. The van der Waals surface area contributed by atoms with E-state index in [2.05, 4.69) is 0 Å². The number of Topliss-reactive ketones (excluding diaryl/α,β-unsaturated/α-hetero) is 1. The molecule has 1 aromatic carbocycles. The van der Waals surface area contributed by atoms with Gasteiger partial charge in [-0.25, -0.2) is 0 Å². The van der Waals surface area contributed by atoms with E-state index in [1.54, 1.807) is 20.8 Å². The van der Waals surface area contributed by atoms with Crippen LogP contribution >= 0.6 is 0 Å². The number of hydrogen-bond donors (Lipinski definition) is 4. The molecule has 4 rings (SSSR count). The van der Waals surface area contributed by atoms with Gasteiger partial charge < -0.3 is 25.2 Å². The first kappa shape index (κ1) is 29.3. The highest BCUT2D eigenvalue weighted by Gasteiger charge is 2.73. The number of fused-ring (bicyclic) bond motifs is 5. The van der Waals surface area contributed by atoms with Gasteiger partial charge in [-0.05, 0) is 106 Å². The molecule has 0 unspecified atom stereocenters. The van der Waals surface area contributed by atoms with E-state index < -0.39 is 51.2 Å². The summed E-state index contributed by atoms with van der Waals surface area (Å²) in [6.45, 7) is 13.5. The monoisotopic (exact) mass is 542 g/mol. The molecule has 0 aliphatic heterocycles. The topological polar surface area (TPSA) is 141 Å². The molecule has 8 nitrogen and oxygen atoms in total. The van der Waals surface area contributed by atoms with Crippen molar-refractivity contribution >= 4 is 17.5 Å². The molecule has 1 aromatic rings. The summed E-state index contributed by atoms with van der Waals surface area (Å²) >= 11 is 0. The molecule has 8 heteroatoms. The maximum atomic E-state index is 14.2. The van der Waals surface area contributed by atoms with Crippen molar-refractivity contribution in [2.75, 3.05) is 0 Å². The summed E-state index contributed by atoms with van der Waals surface area (Å²) in [7, 11) is 0. The molecule has 2 fully saturated rings. The number of phenolic OH excluding ortho intramolecular Hbond substituents is 2. The molecule has 0 saturated heterocycles. The van der Waals surface area contributed by atoms with Gasteiger partial charge in [0.05, 0.1) is 11.5 Å².